The number of nitrogens with zero attached hydrogens (tertiary/aromatic N) is 2. The van der Waals surface area contributed by atoms with Gasteiger partial charge in [0.2, 0.25) is 0 Å². The van der Waals surface area contributed by atoms with Crippen LogP contribution in [0.3, 0.4) is 0 Å². The minimum Gasteiger partial charge on any atom is -0.325 e. The normalized spacial score (nSPS) is 24.5. The van der Waals surface area contributed by atoms with Crippen molar-refractivity contribution in [3.63, 3.8) is 0 Å². The van der Waals surface area contributed by atoms with E-state index in [0.717, 1.165) is 6.42 Å². The van der Waals surface area contributed by atoms with Gasteiger partial charge in [-0.15, -0.1) is 0 Å². The molecule has 0 bridgehead atoms. The second-order valence-electron chi connectivity index (χ2n) is 6.33. The molecule has 1 aromatic heterocycles. The van der Waals surface area contributed by atoms with E-state index in [2.05, 4.69) is 16.9 Å². The van der Waals surface area contributed by atoms with Crippen LogP contribution >= 0.6 is 0 Å². The average molecular weight is 247 g/mol. The van der Waals surface area contributed by atoms with E-state index in [1.165, 1.54) is 63.5 Å². The van der Waals surface area contributed by atoms with Gasteiger partial charge in [0, 0.05) is 18.2 Å². The Hall–Kier alpha value is -0.830. The molecule has 0 atom stereocenters. The van der Waals surface area contributed by atoms with Gasteiger partial charge < -0.3 is 5.73 Å². The molecule has 1 heterocycles. The molecule has 0 aliphatic heterocycles. The molecular formula is C15H25N3. The summed E-state index contributed by atoms with van der Waals surface area (Å²) in [5, 5.41) is 4.77. The van der Waals surface area contributed by atoms with Crippen LogP contribution < -0.4 is 5.73 Å². The maximum Gasteiger partial charge on any atom is 0.0643 e. The summed E-state index contributed by atoms with van der Waals surface area (Å²) in [6.07, 6.45) is 14.7. The highest BCUT2D eigenvalue weighted by Crippen LogP contribution is 2.31. The lowest BCUT2D eigenvalue weighted by molar-refractivity contribution is 0.290. The lowest BCUT2D eigenvalue weighted by Gasteiger charge is -2.32. The molecule has 3 rings (SSSR count). The summed E-state index contributed by atoms with van der Waals surface area (Å²) >= 11 is 0. The van der Waals surface area contributed by atoms with Crippen molar-refractivity contribution in [2.45, 2.75) is 75.8 Å². The first-order valence-electron chi connectivity index (χ1n) is 7.58. The molecule has 0 radical (unpaired) electrons. The van der Waals surface area contributed by atoms with E-state index in [1.807, 2.05) is 0 Å². The first-order valence-corrected chi connectivity index (χ1v) is 7.58. The van der Waals surface area contributed by atoms with Crippen molar-refractivity contribution in [2.24, 2.45) is 5.73 Å². The fourth-order valence-corrected chi connectivity index (χ4v) is 3.64. The smallest absolute Gasteiger partial charge is 0.0643 e. The summed E-state index contributed by atoms with van der Waals surface area (Å²) in [5.74, 6) is 0. The minimum atomic E-state index is 0.0209. The minimum absolute atomic E-state index is 0.0209. The molecular weight excluding hydrogens is 222 g/mol. The second kappa shape index (κ2) is 5.04. The SMILES string of the molecule is NC1(Cc2ccn(C3CCCC3)n2)CCCCC1. The molecule has 0 saturated heterocycles. The standard InChI is InChI=1S/C15H25N3/c16-15(9-4-1-5-10-15)12-13-8-11-18(17-13)14-6-2-3-7-14/h8,11,14H,1-7,9-10,12,16H2. The quantitative estimate of drug-likeness (QED) is 0.891. The van der Waals surface area contributed by atoms with Crippen LogP contribution in [0.2, 0.25) is 0 Å². The van der Waals surface area contributed by atoms with Gasteiger partial charge in [-0.25, -0.2) is 0 Å². The van der Waals surface area contributed by atoms with Gasteiger partial charge in [0.15, 0.2) is 0 Å². The van der Waals surface area contributed by atoms with Gasteiger partial charge in [0.05, 0.1) is 11.7 Å². The summed E-state index contributed by atoms with van der Waals surface area (Å²) in [5.41, 5.74) is 7.73. The molecule has 3 heteroatoms. The van der Waals surface area contributed by atoms with E-state index >= 15 is 0 Å². The molecule has 2 fully saturated rings. The van der Waals surface area contributed by atoms with E-state index in [1.54, 1.807) is 0 Å². The molecule has 2 aliphatic carbocycles. The van der Waals surface area contributed by atoms with E-state index < -0.39 is 0 Å². The molecule has 18 heavy (non-hydrogen) atoms. The summed E-state index contributed by atoms with van der Waals surface area (Å²) < 4.78 is 2.19. The van der Waals surface area contributed by atoms with Crippen LogP contribution in [-0.2, 0) is 6.42 Å². The molecule has 100 valence electrons. The van der Waals surface area contributed by atoms with Crippen LogP contribution in [0.25, 0.3) is 0 Å². The van der Waals surface area contributed by atoms with Gasteiger partial charge in [0.25, 0.3) is 0 Å². The number of rotatable bonds is 3. The number of aromatic nitrogens is 2. The van der Waals surface area contributed by atoms with Crippen LogP contribution in [0.1, 0.15) is 69.5 Å². The largest absolute Gasteiger partial charge is 0.325 e. The van der Waals surface area contributed by atoms with Crippen molar-refractivity contribution in [2.75, 3.05) is 0 Å². The van der Waals surface area contributed by atoms with Crippen LogP contribution in [0.5, 0.6) is 0 Å². The first kappa shape index (κ1) is 12.2. The molecule has 0 aromatic carbocycles. The van der Waals surface area contributed by atoms with E-state index in [0.29, 0.717) is 6.04 Å². The number of hydrogen-bond donors (Lipinski definition) is 1. The first-order chi connectivity index (χ1) is 8.75. The fourth-order valence-electron chi connectivity index (χ4n) is 3.64. The number of nitrogens with two attached hydrogens (primary N) is 1. The Balaban J connectivity index is 1.65. The Labute approximate surface area is 110 Å². The highest BCUT2D eigenvalue weighted by Gasteiger charge is 2.28. The van der Waals surface area contributed by atoms with E-state index in [4.69, 9.17) is 10.8 Å². The van der Waals surface area contributed by atoms with Crippen molar-refractivity contribution in [1.82, 2.24) is 9.78 Å². The highest BCUT2D eigenvalue weighted by molar-refractivity contribution is 5.07. The zero-order valence-electron chi connectivity index (χ0n) is 11.3. The Kier molecular flexibility index (Phi) is 3.42. The third-order valence-electron chi connectivity index (χ3n) is 4.74. The van der Waals surface area contributed by atoms with Gasteiger partial charge in [-0.05, 0) is 31.7 Å². The van der Waals surface area contributed by atoms with Crippen LogP contribution in [0.15, 0.2) is 12.3 Å². The fraction of sp³-hybridized carbons (Fsp3) is 0.800. The lowest BCUT2D eigenvalue weighted by atomic mass is 9.79. The third kappa shape index (κ3) is 2.61. The van der Waals surface area contributed by atoms with E-state index in [-0.39, 0.29) is 5.54 Å². The Morgan fingerprint density at radius 2 is 1.89 bits per heavy atom. The van der Waals surface area contributed by atoms with Crippen LogP contribution in [0, 0.1) is 0 Å². The summed E-state index contributed by atoms with van der Waals surface area (Å²) in [6.45, 7) is 0. The Morgan fingerprint density at radius 1 is 1.17 bits per heavy atom. The molecule has 3 nitrogen and oxygen atoms in total. The average Bonchev–Trinajstić information content (AvgIpc) is 2.99. The zero-order valence-corrected chi connectivity index (χ0v) is 11.3. The molecule has 0 spiro atoms. The van der Waals surface area contributed by atoms with Crippen molar-refractivity contribution >= 4 is 0 Å². The monoisotopic (exact) mass is 247 g/mol. The number of hydrogen-bond acceptors (Lipinski definition) is 2. The summed E-state index contributed by atoms with van der Waals surface area (Å²) in [7, 11) is 0. The third-order valence-corrected chi connectivity index (χ3v) is 4.74. The Morgan fingerprint density at radius 3 is 2.61 bits per heavy atom. The van der Waals surface area contributed by atoms with Gasteiger partial charge in [0.1, 0.15) is 0 Å². The Bertz CT molecular complexity index is 384. The van der Waals surface area contributed by atoms with Crippen molar-refractivity contribution in [1.29, 1.82) is 0 Å². The van der Waals surface area contributed by atoms with Gasteiger partial charge in [-0.2, -0.15) is 5.10 Å². The molecule has 2 N–H and O–H groups in total. The lowest BCUT2D eigenvalue weighted by Crippen LogP contribution is -2.43. The van der Waals surface area contributed by atoms with Crippen molar-refractivity contribution < 1.29 is 0 Å². The maximum atomic E-state index is 6.50. The second-order valence-corrected chi connectivity index (χ2v) is 6.33. The maximum absolute atomic E-state index is 6.50. The summed E-state index contributed by atoms with van der Waals surface area (Å²) in [6, 6.07) is 2.83. The predicted octanol–water partition coefficient (Wildman–Crippen LogP) is 3.20. The molecule has 2 aliphatic rings. The van der Waals surface area contributed by atoms with Gasteiger partial charge in [-0.1, -0.05) is 32.1 Å². The molecule has 2 saturated carbocycles. The predicted molar refractivity (Wildman–Crippen MR) is 73.4 cm³/mol. The highest BCUT2D eigenvalue weighted by atomic mass is 15.3. The topological polar surface area (TPSA) is 43.8 Å². The van der Waals surface area contributed by atoms with Gasteiger partial charge in [-0.3, -0.25) is 4.68 Å². The van der Waals surface area contributed by atoms with E-state index in [9.17, 15) is 0 Å². The molecule has 0 amide bonds. The van der Waals surface area contributed by atoms with Crippen molar-refractivity contribution in [3.8, 4) is 0 Å². The summed E-state index contributed by atoms with van der Waals surface area (Å²) in [4.78, 5) is 0. The molecule has 0 unspecified atom stereocenters. The zero-order chi connectivity index (χ0) is 12.4. The van der Waals surface area contributed by atoms with Crippen LogP contribution in [-0.4, -0.2) is 15.3 Å². The van der Waals surface area contributed by atoms with Crippen LogP contribution in [0.4, 0.5) is 0 Å². The van der Waals surface area contributed by atoms with Gasteiger partial charge >= 0.3 is 0 Å². The molecule has 1 aromatic rings. The van der Waals surface area contributed by atoms with Crippen molar-refractivity contribution in [3.05, 3.63) is 18.0 Å².